The molecule has 14 heteroatoms. The van der Waals surface area contributed by atoms with Crippen molar-refractivity contribution in [2.45, 2.75) is 90.5 Å². The van der Waals surface area contributed by atoms with E-state index in [-0.39, 0.29) is 25.1 Å². The second kappa shape index (κ2) is 14.5. The summed E-state index contributed by atoms with van der Waals surface area (Å²) in [6.07, 6.45) is -0.113. The van der Waals surface area contributed by atoms with E-state index in [0.29, 0.717) is 42.7 Å². The van der Waals surface area contributed by atoms with E-state index >= 15 is 0 Å². The van der Waals surface area contributed by atoms with Crippen molar-refractivity contribution in [3.8, 4) is 11.3 Å². The first-order chi connectivity index (χ1) is 21.9. The molecule has 1 aromatic carbocycles. The molecule has 0 bridgehead atoms. The number of aromatic nitrogens is 3. The topological polar surface area (TPSA) is 139 Å². The Morgan fingerprint density at radius 1 is 1.15 bits per heavy atom. The maximum Gasteiger partial charge on any atom is 0.411 e. The minimum absolute atomic E-state index is 0.153. The van der Waals surface area contributed by atoms with Gasteiger partial charge in [-0.25, -0.2) is 24.4 Å². The van der Waals surface area contributed by atoms with E-state index in [2.05, 4.69) is 29.5 Å². The fraction of sp³-hybridized carbons (Fsp3) is 0.545. The molecule has 3 aromatic rings. The van der Waals surface area contributed by atoms with Crippen molar-refractivity contribution in [3.05, 3.63) is 41.2 Å². The number of carboxylic acid groups (broad SMARTS) is 1. The van der Waals surface area contributed by atoms with Crippen LogP contribution in [0.15, 0.2) is 30.3 Å². The Morgan fingerprint density at radius 2 is 1.87 bits per heavy atom. The molecule has 2 aromatic heterocycles. The standard InChI is InChI=1S/C33H47ClN6O6Si/c1-21-35-25-14-13-23(34)28(29(25)39(21)16-10-15-38(5)31(43)45-17-18-47(6,7)8)24-11-9-12-27(37-24)36-22-19-26(30(41)42)40(20-22)32(44)46-33(2,3)4/h9,11-14,22,26H,10,15-20H2,1-8H3,(H,36,37)(H,41,42)/t22-,26-/m0/s1. The van der Waals surface area contributed by atoms with Crippen molar-refractivity contribution in [3.63, 3.8) is 0 Å². The van der Waals surface area contributed by atoms with E-state index in [1.165, 1.54) is 4.90 Å². The number of imidazole rings is 1. The number of carbonyl (C=O) groups excluding carboxylic acids is 2. The van der Waals surface area contributed by atoms with Gasteiger partial charge in [0.05, 0.1) is 28.4 Å². The second-order valence-corrected chi connectivity index (χ2v) is 20.3. The van der Waals surface area contributed by atoms with E-state index in [1.807, 2.05) is 25.1 Å². The Labute approximate surface area is 282 Å². The number of hydrogen-bond donors (Lipinski definition) is 2. The highest BCUT2D eigenvalue weighted by Gasteiger charge is 2.41. The zero-order valence-corrected chi connectivity index (χ0v) is 30.3. The monoisotopic (exact) mass is 686 g/mol. The number of pyridine rings is 1. The minimum Gasteiger partial charge on any atom is -0.480 e. The van der Waals surface area contributed by atoms with E-state index in [1.54, 1.807) is 44.9 Å². The molecule has 1 saturated heterocycles. The number of anilines is 1. The molecule has 2 atom stereocenters. The number of rotatable bonds is 11. The number of aliphatic carboxylic acids is 1. The van der Waals surface area contributed by atoms with Crippen LogP contribution in [0.25, 0.3) is 22.3 Å². The van der Waals surface area contributed by atoms with Crippen LogP contribution in [0, 0.1) is 6.92 Å². The van der Waals surface area contributed by atoms with E-state index in [4.69, 9.17) is 31.0 Å². The molecule has 4 rings (SSSR count). The van der Waals surface area contributed by atoms with Crippen LogP contribution >= 0.6 is 11.6 Å². The normalized spacial score (nSPS) is 16.7. The van der Waals surface area contributed by atoms with Crippen LogP contribution in [-0.4, -0.2) is 100 Å². The Bertz CT molecular complexity index is 1620. The molecule has 3 heterocycles. The van der Waals surface area contributed by atoms with Crippen molar-refractivity contribution < 1.29 is 29.0 Å². The van der Waals surface area contributed by atoms with Crippen LogP contribution in [0.2, 0.25) is 30.7 Å². The van der Waals surface area contributed by atoms with Gasteiger partial charge in [0.15, 0.2) is 0 Å². The van der Waals surface area contributed by atoms with E-state index in [9.17, 15) is 19.5 Å². The average Bonchev–Trinajstić information content (AvgIpc) is 3.52. The van der Waals surface area contributed by atoms with Crippen molar-refractivity contribution >= 4 is 54.7 Å². The number of carboxylic acids is 1. The summed E-state index contributed by atoms with van der Waals surface area (Å²) in [7, 11) is 0.455. The lowest BCUT2D eigenvalue weighted by atomic mass is 10.1. The smallest absolute Gasteiger partial charge is 0.411 e. The summed E-state index contributed by atoms with van der Waals surface area (Å²) >= 11 is 6.82. The molecule has 2 amide bonds. The van der Waals surface area contributed by atoms with Crippen LogP contribution < -0.4 is 5.32 Å². The lowest BCUT2D eigenvalue weighted by Crippen LogP contribution is -2.43. The number of aryl methyl sites for hydroxylation is 2. The average molecular weight is 687 g/mol. The number of benzene rings is 1. The molecule has 12 nitrogen and oxygen atoms in total. The Balaban J connectivity index is 1.51. The molecule has 256 valence electrons. The zero-order valence-electron chi connectivity index (χ0n) is 28.6. The van der Waals surface area contributed by atoms with Crippen LogP contribution in [0.5, 0.6) is 0 Å². The molecule has 1 aliphatic rings. The van der Waals surface area contributed by atoms with Crippen LogP contribution in [-0.2, 0) is 20.8 Å². The highest BCUT2D eigenvalue weighted by Crippen LogP contribution is 2.36. The van der Waals surface area contributed by atoms with Crippen molar-refractivity contribution in [2.75, 3.05) is 32.1 Å². The minimum atomic E-state index is -1.29. The lowest BCUT2D eigenvalue weighted by Gasteiger charge is -2.26. The van der Waals surface area contributed by atoms with Crippen molar-refractivity contribution in [2.24, 2.45) is 0 Å². The SMILES string of the molecule is Cc1nc2ccc(Cl)c(-c3cccc(N[C@H]4C[C@@H](C(=O)O)N(C(=O)OC(C)(C)C)C4)n3)c2n1CCCN(C)C(=O)OCC[Si](C)(C)C. The second-order valence-electron chi connectivity index (χ2n) is 14.3. The molecular formula is C33H47ClN6O6Si. The maximum absolute atomic E-state index is 12.8. The summed E-state index contributed by atoms with van der Waals surface area (Å²) in [4.78, 5) is 49.8. The molecule has 0 radical (unpaired) electrons. The maximum atomic E-state index is 12.8. The number of fused-ring (bicyclic) bond motifs is 1. The molecule has 1 fully saturated rings. The predicted molar refractivity (Wildman–Crippen MR) is 186 cm³/mol. The summed E-state index contributed by atoms with van der Waals surface area (Å²) in [6, 6.07) is 8.75. The fourth-order valence-electron chi connectivity index (χ4n) is 5.51. The third-order valence-electron chi connectivity index (χ3n) is 7.88. The Hall–Kier alpha value is -3.84. The van der Waals surface area contributed by atoms with Crippen LogP contribution in [0.1, 0.15) is 39.4 Å². The van der Waals surface area contributed by atoms with Crippen molar-refractivity contribution in [1.82, 2.24) is 24.3 Å². The number of ether oxygens (including phenoxy) is 2. The number of amides is 2. The number of nitrogens with one attached hydrogen (secondary N) is 1. The summed E-state index contributed by atoms with van der Waals surface area (Å²) in [5, 5.41) is 13.6. The third-order valence-corrected chi connectivity index (χ3v) is 9.90. The summed E-state index contributed by atoms with van der Waals surface area (Å²) < 4.78 is 13.0. The molecule has 0 unspecified atom stereocenters. The van der Waals surface area contributed by atoms with Gasteiger partial charge in [-0.2, -0.15) is 0 Å². The van der Waals surface area contributed by atoms with E-state index < -0.39 is 31.8 Å². The number of likely N-dealkylation sites (tertiary alicyclic amines) is 1. The van der Waals surface area contributed by atoms with Gasteiger partial charge >= 0.3 is 18.2 Å². The number of hydrogen-bond acceptors (Lipinski definition) is 8. The van der Waals surface area contributed by atoms with Gasteiger partial charge in [-0.3, -0.25) is 4.90 Å². The quantitative estimate of drug-likeness (QED) is 0.210. The van der Waals surface area contributed by atoms with Gasteiger partial charge in [-0.15, -0.1) is 0 Å². The van der Waals surface area contributed by atoms with Crippen LogP contribution in [0.4, 0.5) is 15.4 Å². The highest BCUT2D eigenvalue weighted by atomic mass is 35.5. The third kappa shape index (κ3) is 9.37. The van der Waals surface area contributed by atoms with Gasteiger partial charge in [0.2, 0.25) is 0 Å². The van der Waals surface area contributed by atoms with Gasteiger partial charge < -0.3 is 29.4 Å². The first kappa shape index (κ1) is 36.0. The fourth-order valence-corrected chi connectivity index (χ4v) is 6.47. The predicted octanol–water partition coefficient (Wildman–Crippen LogP) is 6.73. The molecule has 0 aliphatic carbocycles. The zero-order chi connectivity index (χ0) is 34.7. The Kier molecular flexibility index (Phi) is 11.1. The highest BCUT2D eigenvalue weighted by molar-refractivity contribution is 6.76. The summed E-state index contributed by atoms with van der Waals surface area (Å²) in [5.74, 6) is 0.243. The largest absolute Gasteiger partial charge is 0.480 e. The van der Waals surface area contributed by atoms with Gasteiger partial charge in [0.1, 0.15) is 23.3 Å². The first-order valence-electron chi connectivity index (χ1n) is 15.9. The molecule has 1 aliphatic heterocycles. The summed E-state index contributed by atoms with van der Waals surface area (Å²) in [5.41, 5.74) is 2.20. The molecule has 0 saturated carbocycles. The van der Waals surface area contributed by atoms with E-state index in [0.717, 1.165) is 28.5 Å². The number of halogens is 1. The van der Waals surface area contributed by atoms with Gasteiger partial charge in [-0.1, -0.05) is 37.3 Å². The molecule has 47 heavy (non-hydrogen) atoms. The van der Waals surface area contributed by atoms with Gasteiger partial charge in [0.25, 0.3) is 0 Å². The summed E-state index contributed by atoms with van der Waals surface area (Å²) in [6.45, 7) is 15.6. The first-order valence-corrected chi connectivity index (χ1v) is 20.0. The number of carbonyl (C=O) groups is 3. The van der Waals surface area contributed by atoms with Gasteiger partial charge in [-0.05, 0) is 64.4 Å². The lowest BCUT2D eigenvalue weighted by molar-refractivity contribution is -0.142. The molecule has 2 N–H and O–H groups in total. The Morgan fingerprint density at radius 3 is 2.53 bits per heavy atom. The molecule has 0 spiro atoms. The molecular weight excluding hydrogens is 640 g/mol. The van der Waals surface area contributed by atoms with Crippen molar-refractivity contribution in [1.29, 1.82) is 0 Å². The van der Waals surface area contributed by atoms with Crippen LogP contribution in [0.3, 0.4) is 0 Å². The number of nitrogens with zero attached hydrogens (tertiary/aromatic N) is 5. The van der Waals surface area contributed by atoms with Gasteiger partial charge in [0, 0.05) is 52.8 Å².